The van der Waals surface area contributed by atoms with E-state index in [1.54, 1.807) is 19.1 Å². The van der Waals surface area contributed by atoms with Gasteiger partial charge in [-0.2, -0.15) is 0 Å². The van der Waals surface area contributed by atoms with Gasteiger partial charge in [0, 0.05) is 23.1 Å². The SMILES string of the molecule is Cc1c(NC(=O)CCN2C(=O)[C@H]3[C@H](C2=O)C2(Cl)c4ccccc4C3(Cl)c3ccccc32)ccc(Br)c1Cl. The average molecular weight is 619 g/mol. The van der Waals surface area contributed by atoms with Gasteiger partial charge in [0.1, 0.15) is 9.75 Å². The Kier molecular flexibility index (Phi) is 5.77. The summed E-state index contributed by atoms with van der Waals surface area (Å²) in [6, 6.07) is 18.5. The second-order valence-corrected chi connectivity index (χ2v) is 12.1. The maximum Gasteiger partial charge on any atom is 0.235 e. The van der Waals surface area contributed by atoms with Gasteiger partial charge in [0.25, 0.3) is 0 Å². The highest BCUT2D eigenvalue weighted by molar-refractivity contribution is 9.10. The first-order valence-electron chi connectivity index (χ1n) is 11.8. The van der Waals surface area contributed by atoms with Gasteiger partial charge in [-0.3, -0.25) is 19.3 Å². The Morgan fingerprint density at radius 3 is 1.81 bits per heavy atom. The maximum atomic E-state index is 13.8. The number of alkyl halides is 2. The first kappa shape index (κ1) is 24.9. The molecular formula is C28H20BrCl3N2O3. The van der Waals surface area contributed by atoms with Crippen LogP contribution in [-0.2, 0) is 24.1 Å². The summed E-state index contributed by atoms with van der Waals surface area (Å²) >= 11 is 24.4. The molecule has 37 heavy (non-hydrogen) atoms. The summed E-state index contributed by atoms with van der Waals surface area (Å²) in [4.78, 5) is 39.1. The second kappa shape index (κ2) is 8.57. The number of anilines is 1. The molecule has 0 spiro atoms. The van der Waals surface area contributed by atoms with E-state index in [2.05, 4.69) is 21.2 Å². The molecule has 5 nitrogen and oxygen atoms in total. The topological polar surface area (TPSA) is 66.5 Å². The monoisotopic (exact) mass is 616 g/mol. The van der Waals surface area contributed by atoms with Crippen LogP contribution in [0.25, 0.3) is 0 Å². The number of amides is 3. The van der Waals surface area contributed by atoms with Gasteiger partial charge in [-0.1, -0.05) is 60.1 Å². The first-order chi connectivity index (χ1) is 17.6. The third-order valence-corrected chi connectivity index (χ3v) is 10.5. The Balaban J connectivity index is 1.32. The molecule has 7 rings (SSSR count). The predicted octanol–water partition coefficient (Wildman–Crippen LogP) is 6.33. The molecule has 0 radical (unpaired) electrons. The van der Waals surface area contributed by atoms with Gasteiger partial charge in [-0.05, 0) is 62.8 Å². The molecule has 1 aliphatic heterocycles. The fourth-order valence-corrected chi connectivity index (χ4v) is 7.85. The van der Waals surface area contributed by atoms with Crippen molar-refractivity contribution in [3.8, 4) is 0 Å². The molecule has 3 aromatic rings. The summed E-state index contributed by atoms with van der Waals surface area (Å²) in [5, 5.41) is 3.32. The third-order valence-electron chi connectivity index (χ3n) is 7.85. The van der Waals surface area contributed by atoms with Gasteiger partial charge < -0.3 is 5.32 Å². The number of likely N-dealkylation sites (tertiary alicyclic amines) is 1. The minimum atomic E-state index is -1.23. The van der Waals surface area contributed by atoms with Crippen LogP contribution in [0, 0.1) is 18.8 Å². The van der Waals surface area contributed by atoms with Crippen LogP contribution in [0.2, 0.25) is 5.02 Å². The van der Waals surface area contributed by atoms with Crippen LogP contribution in [0.4, 0.5) is 5.69 Å². The summed E-state index contributed by atoms with van der Waals surface area (Å²) in [6.45, 7) is 1.72. The number of nitrogens with one attached hydrogen (secondary N) is 1. The van der Waals surface area contributed by atoms with Crippen LogP contribution >= 0.6 is 50.7 Å². The zero-order chi connectivity index (χ0) is 26.3. The van der Waals surface area contributed by atoms with E-state index < -0.39 is 33.4 Å². The molecule has 1 saturated heterocycles. The van der Waals surface area contributed by atoms with Crippen molar-refractivity contribution in [2.24, 2.45) is 11.8 Å². The zero-order valence-corrected chi connectivity index (χ0v) is 23.4. The molecule has 3 amide bonds. The fraction of sp³-hybridized carbons (Fsp3) is 0.250. The number of rotatable bonds is 4. The molecule has 0 saturated carbocycles. The Morgan fingerprint density at radius 2 is 1.35 bits per heavy atom. The van der Waals surface area contributed by atoms with Gasteiger partial charge in [0.05, 0.1) is 16.9 Å². The van der Waals surface area contributed by atoms with E-state index in [4.69, 9.17) is 34.8 Å². The van der Waals surface area contributed by atoms with Crippen molar-refractivity contribution in [1.82, 2.24) is 4.90 Å². The quantitative estimate of drug-likeness (QED) is 0.275. The van der Waals surface area contributed by atoms with Crippen LogP contribution < -0.4 is 5.32 Å². The standard InChI is InChI=1S/C28H20BrCl3N2O3/c1-14-20(11-10-19(29)24(14)30)33-21(35)12-13-34-25(36)22-23(26(34)37)28(32)16-7-3-2-6-15(16)27(22,31)17-8-4-5-9-18(17)28/h2-11,22-23H,12-13H2,1H3,(H,33,35)/t22-,23-,27?,28?/m1/s1. The highest BCUT2D eigenvalue weighted by Crippen LogP contribution is 2.69. The maximum absolute atomic E-state index is 13.8. The highest BCUT2D eigenvalue weighted by Gasteiger charge is 2.72. The lowest BCUT2D eigenvalue weighted by Gasteiger charge is -2.54. The van der Waals surface area contributed by atoms with Gasteiger partial charge >= 0.3 is 0 Å². The molecule has 1 fully saturated rings. The van der Waals surface area contributed by atoms with Crippen molar-refractivity contribution >= 4 is 74.1 Å². The Bertz CT molecular complexity index is 1400. The number of hydrogen-bond donors (Lipinski definition) is 1. The van der Waals surface area contributed by atoms with Crippen molar-refractivity contribution < 1.29 is 14.4 Å². The molecule has 2 bridgehead atoms. The number of benzene rings is 3. The third kappa shape index (κ3) is 3.26. The van der Waals surface area contributed by atoms with Crippen LogP contribution in [-0.4, -0.2) is 29.2 Å². The molecule has 1 N–H and O–H groups in total. The molecule has 0 aromatic heterocycles. The highest BCUT2D eigenvalue weighted by atomic mass is 79.9. The Morgan fingerprint density at radius 1 is 0.892 bits per heavy atom. The minimum Gasteiger partial charge on any atom is -0.326 e. The van der Waals surface area contributed by atoms with Crippen molar-refractivity contribution in [2.75, 3.05) is 11.9 Å². The number of imide groups is 1. The van der Waals surface area contributed by atoms with Gasteiger partial charge in [0.2, 0.25) is 17.7 Å². The Labute approximate surface area is 237 Å². The van der Waals surface area contributed by atoms with Crippen molar-refractivity contribution in [1.29, 1.82) is 0 Å². The number of carbonyl (C=O) groups is 3. The Hall–Kier alpha value is -2.38. The summed E-state index contributed by atoms with van der Waals surface area (Å²) in [5.41, 5.74) is 4.26. The van der Waals surface area contributed by atoms with E-state index in [-0.39, 0.29) is 18.9 Å². The molecule has 3 aliphatic carbocycles. The fourth-order valence-electron chi connectivity index (χ4n) is 6.16. The molecule has 9 heteroatoms. The van der Waals surface area contributed by atoms with Crippen LogP contribution in [0.1, 0.15) is 34.2 Å². The van der Waals surface area contributed by atoms with Gasteiger partial charge in [-0.25, -0.2) is 0 Å². The smallest absolute Gasteiger partial charge is 0.235 e. The molecular weight excluding hydrogens is 599 g/mol. The van der Waals surface area contributed by atoms with E-state index in [9.17, 15) is 14.4 Å². The lowest BCUT2D eigenvalue weighted by molar-refractivity contribution is -0.140. The molecule has 4 aliphatic rings. The number of hydrogen-bond acceptors (Lipinski definition) is 3. The molecule has 2 atom stereocenters. The van der Waals surface area contributed by atoms with Crippen LogP contribution in [0.3, 0.4) is 0 Å². The average Bonchev–Trinajstić information content (AvgIpc) is 3.16. The number of nitrogens with zero attached hydrogens (tertiary/aromatic N) is 1. The van der Waals surface area contributed by atoms with E-state index in [0.29, 0.717) is 16.3 Å². The summed E-state index contributed by atoms with van der Waals surface area (Å²) < 4.78 is 0.724. The van der Waals surface area contributed by atoms with Crippen LogP contribution in [0.5, 0.6) is 0 Å². The van der Waals surface area contributed by atoms with Crippen molar-refractivity contribution in [3.63, 3.8) is 0 Å². The normalized spacial score (nSPS) is 27.1. The van der Waals surface area contributed by atoms with E-state index >= 15 is 0 Å². The van der Waals surface area contributed by atoms with E-state index in [1.165, 1.54) is 0 Å². The minimum absolute atomic E-state index is 0.0749. The molecule has 3 aromatic carbocycles. The lowest BCUT2D eigenvalue weighted by atomic mass is 9.54. The zero-order valence-electron chi connectivity index (χ0n) is 19.5. The summed E-state index contributed by atoms with van der Waals surface area (Å²) in [5.74, 6) is -2.91. The van der Waals surface area contributed by atoms with Crippen molar-refractivity contribution in [3.05, 3.63) is 98.0 Å². The lowest BCUT2D eigenvalue weighted by Crippen LogP contribution is -2.57. The second-order valence-electron chi connectivity index (χ2n) is 9.63. The molecule has 1 heterocycles. The van der Waals surface area contributed by atoms with Gasteiger partial charge in [0.15, 0.2) is 0 Å². The number of halogens is 4. The molecule has 188 valence electrons. The largest absolute Gasteiger partial charge is 0.326 e. The van der Waals surface area contributed by atoms with Gasteiger partial charge in [-0.15, -0.1) is 23.2 Å². The van der Waals surface area contributed by atoms with Crippen LogP contribution in [0.15, 0.2) is 65.1 Å². The summed E-state index contributed by atoms with van der Waals surface area (Å²) in [7, 11) is 0. The first-order valence-corrected chi connectivity index (χ1v) is 13.7. The van der Waals surface area contributed by atoms with E-state index in [1.807, 2.05) is 48.5 Å². The summed E-state index contributed by atoms with van der Waals surface area (Å²) in [6.07, 6.45) is -0.0749. The molecule has 0 unspecified atom stereocenters. The van der Waals surface area contributed by atoms with E-state index in [0.717, 1.165) is 31.6 Å². The number of carbonyl (C=O) groups excluding carboxylic acids is 3. The predicted molar refractivity (Wildman–Crippen MR) is 147 cm³/mol. The van der Waals surface area contributed by atoms with Crippen molar-refractivity contribution in [2.45, 2.75) is 23.1 Å².